The Hall–Kier alpha value is 0.0900. The number of hydrogen-bond acceptors (Lipinski definition) is 5. The van der Waals surface area contributed by atoms with Gasteiger partial charge in [0.15, 0.2) is 6.29 Å². The number of aliphatic hydroxyl groups is 4. The molecule has 0 aliphatic carbocycles. The zero-order valence-electron chi connectivity index (χ0n) is 6.17. The monoisotopic (exact) mass is 198 g/mol. The number of hydrogen-bond donors (Lipinski definition) is 4. The molecule has 12 heavy (non-hydrogen) atoms. The highest BCUT2D eigenvalue weighted by Gasteiger charge is 2.44. The molecule has 1 rings (SSSR count). The molecular formula is C6H11ClO5. The van der Waals surface area contributed by atoms with Gasteiger partial charge >= 0.3 is 0 Å². The summed E-state index contributed by atoms with van der Waals surface area (Å²) in [6, 6.07) is 0. The summed E-state index contributed by atoms with van der Waals surface area (Å²) in [5.41, 5.74) is 0. The van der Waals surface area contributed by atoms with Crippen LogP contribution in [0.1, 0.15) is 0 Å². The molecule has 0 unspecified atom stereocenters. The van der Waals surface area contributed by atoms with Gasteiger partial charge in [0.05, 0.1) is 12.0 Å². The van der Waals surface area contributed by atoms with Crippen LogP contribution in [0.15, 0.2) is 0 Å². The Balaban J connectivity index is 2.58. The van der Waals surface area contributed by atoms with Crippen LogP contribution in [0.4, 0.5) is 0 Å². The van der Waals surface area contributed by atoms with Crippen molar-refractivity contribution in [2.75, 3.05) is 6.61 Å². The van der Waals surface area contributed by atoms with E-state index in [1.165, 1.54) is 0 Å². The van der Waals surface area contributed by atoms with Crippen molar-refractivity contribution in [3.8, 4) is 0 Å². The topological polar surface area (TPSA) is 90.2 Å². The lowest BCUT2D eigenvalue weighted by molar-refractivity contribution is -0.128. The molecule has 0 aromatic heterocycles. The second-order valence-electron chi connectivity index (χ2n) is 2.67. The predicted molar refractivity (Wildman–Crippen MR) is 39.6 cm³/mol. The maximum atomic E-state index is 9.20. The second-order valence-corrected chi connectivity index (χ2v) is 3.23. The summed E-state index contributed by atoms with van der Waals surface area (Å²) < 4.78 is 4.70. The Morgan fingerprint density at radius 1 is 1.25 bits per heavy atom. The van der Waals surface area contributed by atoms with Crippen molar-refractivity contribution in [1.82, 2.24) is 0 Å². The minimum atomic E-state index is -1.43. The second kappa shape index (κ2) is 3.87. The minimum Gasteiger partial charge on any atom is -0.395 e. The van der Waals surface area contributed by atoms with E-state index in [4.69, 9.17) is 31.7 Å². The fourth-order valence-electron chi connectivity index (χ4n) is 1.09. The molecule has 0 radical (unpaired) electrons. The Morgan fingerprint density at radius 2 is 1.83 bits per heavy atom. The Morgan fingerprint density at radius 3 is 2.17 bits per heavy atom. The molecule has 4 N–H and O–H groups in total. The van der Waals surface area contributed by atoms with E-state index in [0.717, 1.165) is 0 Å². The third kappa shape index (κ3) is 1.71. The first kappa shape index (κ1) is 10.2. The number of halogens is 1. The zero-order valence-corrected chi connectivity index (χ0v) is 6.92. The van der Waals surface area contributed by atoms with Crippen molar-refractivity contribution in [2.45, 2.75) is 30.0 Å². The van der Waals surface area contributed by atoms with Crippen molar-refractivity contribution >= 4 is 11.6 Å². The van der Waals surface area contributed by atoms with Crippen LogP contribution in [0.25, 0.3) is 0 Å². The van der Waals surface area contributed by atoms with Gasteiger partial charge in [-0.3, -0.25) is 0 Å². The van der Waals surface area contributed by atoms with Crippen LogP contribution in [0.3, 0.4) is 0 Å². The molecule has 0 aromatic rings. The van der Waals surface area contributed by atoms with Gasteiger partial charge in [-0.25, -0.2) is 0 Å². The molecule has 1 heterocycles. The molecule has 5 nitrogen and oxygen atoms in total. The van der Waals surface area contributed by atoms with Crippen LogP contribution in [0, 0.1) is 0 Å². The van der Waals surface area contributed by atoms with Crippen molar-refractivity contribution in [2.24, 2.45) is 0 Å². The third-order valence-electron chi connectivity index (χ3n) is 1.81. The lowest BCUT2D eigenvalue weighted by Gasteiger charge is -2.17. The molecule has 0 aromatic carbocycles. The van der Waals surface area contributed by atoms with E-state index in [0.29, 0.717) is 0 Å². The molecule has 5 atom stereocenters. The van der Waals surface area contributed by atoms with Crippen molar-refractivity contribution < 1.29 is 25.2 Å². The third-order valence-corrected chi connectivity index (χ3v) is 2.19. The SMILES string of the molecule is OC[C@@H](Cl)[C@H]1O[C@H](O)[C@@H](O)[C@H]1O. The van der Waals surface area contributed by atoms with Crippen LogP contribution in [0.2, 0.25) is 0 Å². The van der Waals surface area contributed by atoms with Gasteiger partial charge in [-0.05, 0) is 0 Å². The molecule has 1 fully saturated rings. The Kier molecular flexibility index (Phi) is 3.28. The fourth-order valence-corrected chi connectivity index (χ4v) is 1.30. The van der Waals surface area contributed by atoms with Crippen LogP contribution >= 0.6 is 11.6 Å². The zero-order chi connectivity index (χ0) is 9.30. The van der Waals surface area contributed by atoms with E-state index in [1.807, 2.05) is 0 Å². The van der Waals surface area contributed by atoms with E-state index < -0.39 is 30.0 Å². The van der Waals surface area contributed by atoms with Gasteiger partial charge in [-0.15, -0.1) is 11.6 Å². The average molecular weight is 199 g/mol. The summed E-state index contributed by atoms with van der Waals surface area (Å²) in [5.74, 6) is 0. The molecule has 72 valence electrons. The number of ether oxygens (including phenoxy) is 1. The summed E-state index contributed by atoms with van der Waals surface area (Å²) >= 11 is 5.54. The number of rotatable bonds is 2. The van der Waals surface area contributed by atoms with Gasteiger partial charge in [-0.1, -0.05) is 0 Å². The highest BCUT2D eigenvalue weighted by atomic mass is 35.5. The van der Waals surface area contributed by atoms with Gasteiger partial charge in [0, 0.05) is 0 Å². The minimum absolute atomic E-state index is 0.386. The fraction of sp³-hybridized carbons (Fsp3) is 1.00. The van der Waals surface area contributed by atoms with Crippen LogP contribution in [0.5, 0.6) is 0 Å². The standard InChI is InChI=1S/C6H11ClO5/c7-2(1-8)5-3(9)4(10)6(11)12-5/h2-6,8-11H,1H2/t2-,3-,4+,5-,6+/m1/s1. The normalized spacial score (nSPS) is 44.8. The van der Waals surface area contributed by atoms with Gasteiger partial charge in [0.1, 0.15) is 18.3 Å². The number of aliphatic hydroxyl groups excluding tert-OH is 4. The molecule has 1 aliphatic heterocycles. The first-order valence-electron chi connectivity index (χ1n) is 3.52. The highest BCUT2D eigenvalue weighted by Crippen LogP contribution is 2.24. The van der Waals surface area contributed by atoms with Crippen molar-refractivity contribution in [1.29, 1.82) is 0 Å². The molecule has 1 saturated heterocycles. The molecule has 6 heteroatoms. The van der Waals surface area contributed by atoms with Crippen molar-refractivity contribution in [3.05, 3.63) is 0 Å². The Bertz CT molecular complexity index is 155. The molecule has 0 bridgehead atoms. The Labute approximate surface area is 74.2 Å². The van der Waals surface area contributed by atoms with E-state index in [-0.39, 0.29) is 6.61 Å². The summed E-state index contributed by atoms with van der Waals surface area (Å²) in [6.07, 6.45) is -4.98. The van der Waals surface area contributed by atoms with Crippen LogP contribution in [-0.4, -0.2) is 57.0 Å². The first-order chi connectivity index (χ1) is 5.57. The van der Waals surface area contributed by atoms with E-state index >= 15 is 0 Å². The van der Waals surface area contributed by atoms with E-state index in [9.17, 15) is 5.11 Å². The smallest absolute Gasteiger partial charge is 0.184 e. The lowest BCUT2D eigenvalue weighted by Crippen LogP contribution is -2.37. The maximum Gasteiger partial charge on any atom is 0.184 e. The summed E-state index contributed by atoms with van der Waals surface area (Å²) in [7, 11) is 0. The van der Waals surface area contributed by atoms with Crippen molar-refractivity contribution in [3.63, 3.8) is 0 Å². The summed E-state index contributed by atoms with van der Waals surface area (Å²) in [5, 5.41) is 34.9. The maximum absolute atomic E-state index is 9.20. The van der Waals surface area contributed by atoms with Gasteiger partial charge in [-0.2, -0.15) is 0 Å². The molecule has 0 spiro atoms. The first-order valence-corrected chi connectivity index (χ1v) is 3.96. The lowest BCUT2D eigenvalue weighted by atomic mass is 10.1. The summed E-state index contributed by atoms with van der Waals surface area (Å²) in [6.45, 7) is -0.386. The molecule has 0 amide bonds. The predicted octanol–water partition coefficient (Wildman–Crippen LogP) is -1.97. The average Bonchev–Trinajstić information content (AvgIpc) is 2.32. The van der Waals surface area contributed by atoms with Crippen LogP contribution in [-0.2, 0) is 4.74 Å². The van der Waals surface area contributed by atoms with Gasteiger partial charge in [0.25, 0.3) is 0 Å². The van der Waals surface area contributed by atoms with Gasteiger partial charge in [0.2, 0.25) is 0 Å². The molecule has 1 aliphatic rings. The molecule has 0 saturated carbocycles. The van der Waals surface area contributed by atoms with Gasteiger partial charge < -0.3 is 25.2 Å². The number of alkyl halides is 1. The van der Waals surface area contributed by atoms with E-state index in [1.54, 1.807) is 0 Å². The highest BCUT2D eigenvalue weighted by molar-refractivity contribution is 6.21. The van der Waals surface area contributed by atoms with Crippen LogP contribution < -0.4 is 0 Å². The quantitative estimate of drug-likeness (QED) is 0.387. The molecular weight excluding hydrogens is 188 g/mol. The van der Waals surface area contributed by atoms with E-state index in [2.05, 4.69) is 0 Å². The summed E-state index contributed by atoms with van der Waals surface area (Å²) in [4.78, 5) is 0. The largest absolute Gasteiger partial charge is 0.395 e.